The lowest BCUT2D eigenvalue weighted by atomic mass is 10.1. The van der Waals surface area contributed by atoms with Crippen molar-refractivity contribution in [3.05, 3.63) is 82.5 Å². The zero-order chi connectivity index (χ0) is 25.2. The number of nitrogens with one attached hydrogen (secondary N) is 2. The van der Waals surface area contributed by atoms with E-state index in [1.54, 1.807) is 62.5 Å². The van der Waals surface area contributed by atoms with Gasteiger partial charge >= 0.3 is 11.9 Å². The topological polar surface area (TPSA) is 124 Å². The summed E-state index contributed by atoms with van der Waals surface area (Å²) in [5.74, 6) is -2.52. The van der Waals surface area contributed by atoms with Crippen molar-refractivity contribution in [2.45, 2.75) is 13.8 Å². The first-order valence-electron chi connectivity index (χ1n) is 10.6. The van der Waals surface area contributed by atoms with Gasteiger partial charge in [-0.25, -0.2) is 9.59 Å². The van der Waals surface area contributed by atoms with Crippen molar-refractivity contribution in [2.24, 2.45) is 0 Å². The first kappa shape index (κ1) is 25.3. The van der Waals surface area contributed by atoms with Crippen LogP contribution < -0.4 is 10.6 Å². The summed E-state index contributed by atoms with van der Waals surface area (Å²) in [6.07, 6.45) is 4.19. The van der Waals surface area contributed by atoms with E-state index in [4.69, 9.17) is 9.47 Å². The maximum atomic E-state index is 12.8. The van der Waals surface area contributed by atoms with E-state index in [0.29, 0.717) is 16.9 Å². The number of carbonyl (C=O) groups is 4. The monoisotopic (exact) mass is 493 g/mol. The molecule has 2 amide bonds. The number of thiophene rings is 1. The molecule has 0 aliphatic carbocycles. The number of anilines is 2. The molecule has 180 valence electrons. The number of ether oxygens (including phenoxy) is 2. The standard InChI is InChI=1S/C25H23N3O6S/c1-3-33-25(32)21-16(2)22(23(31)27-18-10-5-4-6-11-18)35-24(21)28-19(29)15-34-20(30)13-12-17-9-7-8-14-26-17/h4-14H,3,15H2,1-2H3,(H,27,31)(H,28,29). The third-order valence-corrected chi connectivity index (χ3v) is 5.75. The van der Waals surface area contributed by atoms with Crippen molar-refractivity contribution in [1.82, 2.24) is 4.98 Å². The first-order chi connectivity index (χ1) is 16.9. The Bertz CT molecular complexity index is 1240. The molecule has 1 aromatic carbocycles. The number of hydrogen-bond donors (Lipinski definition) is 2. The van der Waals surface area contributed by atoms with Gasteiger partial charge in [0.05, 0.1) is 22.7 Å². The van der Waals surface area contributed by atoms with Gasteiger partial charge in [0.25, 0.3) is 11.8 Å². The molecule has 0 fully saturated rings. The van der Waals surface area contributed by atoms with Crippen LogP contribution in [0.2, 0.25) is 0 Å². The predicted octanol–water partition coefficient (Wildman–Crippen LogP) is 4.08. The van der Waals surface area contributed by atoms with Crippen LogP contribution in [0.15, 0.2) is 60.8 Å². The lowest BCUT2D eigenvalue weighted by Crippen LogP contribution is -2.21. The predicted molar refractivity (Wildman–Crippen MR) is 132 cm³/mol. The SMILES string of the molecule is CCOC(=O)c1c(NC(=O)COC(=O)C=Cc2ccccn2)sc(C(=O)Nc2ccccc2)c1C. The van der Waals surface area contributed by atoms with Crippen molar-refractivity contribution >= 4 is 51.9 Å². The number of aromatic nitrogens is 1. The number of rotatable bonds is 9. The Balaban J connectivity index is 1.70. The summed E-state index contributed by atoms with van der Waals surface area (Å²) < 4.78 is 10.1. The van der Waals surface area contributed by atoms with Crippen LogP contribution in [-0.2, 0) is 19.1 Å². The molecule has 3 rings (SSSR count). The largest absolute Gasteiger partial charge is 0.462 e. The molecule has 10 heteroatoms. The molecule has 0 saturated heterocycles. The maximum Gasteiger partial charge on any atom is 0.341 e. The lowest BCUT2D eigenvalue weighted by molar-refractivity contribution is -0.142. The van der Waals surface area contributed by atoms with E-state index in [2.05, 4.69) is 15.6 Å². The molecule has 0 saturated carbocycles. The summed E-state index contributed by atoms with van der Waals surface area (Å²) in [7, 11) is 0. The number of esters is 2. The smallest absolute Gasteiger partial charge is 0.341 e. The van der Waals surface area contributed by atoms with Gasteiger partial charge in [-0.2, -0.15) is 0 Å². The molecular weight excluding hydrogens is 470 g/mol. The normalized spacial score (nSPS) is 10.6. The van der Waals surface area contributed by atoms with Gasteiger partial charge in [0, 0.05) is 18.0 Å². The summed E-state index contributed by atoms with van der Waals surface area (Å²) in [6.45, 7) is 2.78. The summed E-state index contributed by atoms with van der Waals surface area (Å²) in [5.41, 5.74) is 1.58. The number of benzene rings is 1. The molecule has 0 radical (unpaired) electrons. The Morgan fingerprint density at radius 3 is 2.43 bits per heavy atom. The Morgan fingerprint density at radius 2 is 1.74 bits per heavy atom. The van der Waals surface area contributed by atoms with Gasteiger partial charge in [-0.15, -0.1) is 11.3 Å². The van der Waals surface area contributed by atoms with E-state index in [1.165, 1.54) is 6.08 Å². The lowest BCUT2D eigenvalue weighted by Gasteiger charge is -2.07. The number of hydrogen-bond acceptors (Lipinski definition) is 8. The van der Waals surface area contributed by atoms with Crippen LogP contribution in [0.1, 0.15) is 38.2 Å². The molecule has 0 aliphatic rings. The second-order valence-corrected chi connectivity index (χ2v) is 8.07. The zero-order valence-electron chi connectivity index (χ0n) is 19.1. The molecule has 35 heavy (non-hydrogen) atoms. The molecule has 9 nitrogen and oxygen atoms in total. The highest BCUT2D eigenvalue weighted by Gasteiger charge is 2.27. The van der Waals surface area contributed by atoms with Crippen molar-refractivity contribution in [2.75, 3.05) is 23.8 Å². The number of para-hydroxylation sites is 1. The fourth-order valence-electron chi connectivity index (χ4n) is 2.95. The van der Waals surface area contributed by atoms with Gasteiger partial charge in [-0.3, -0.25) is 14.6 Å². The minimum absolute atomic E-state index is 0.0739. The van der Waals surface area contributed by atoms with Gasteiger partial charge in [0.15, 0.2) is 6.61 Å². The maximum absolute atomic E-state index is 12.8. The number of nitrogens with zero attached hydrogens (tertiary/aromatic N) is 1. The van der Waals surface area contributed by atoms with Crippen LogP contribution in [0.25, 0.3) is 6.08 Å². The van der Waals surface area contributed by atoms with Crippen LogP contribution in [0.5, 0.6) is 0 Å². The van der Waals surface area contributed by atoms with Crippen molar-refractivity contribution in [3.63, 3.8) is 0 Å². The van der Waals surface area contributed by atoms with Gasteiger partial charge in [-0.1, -0.05) is 24.3 Å². The average Bonchev–Trinajstić information content (AvgIpc) is 3.18. The van der Waals surface area contributed by atoms with E-state index >= 15 is 0 Å². The van der Waals surface area contributed by atoms with Crippen molar-refractivity contribution in [1.29, 1.82) is 0 Å². The molecule has 3 aromatic rings. The minimum atomic E-state index is -0.735. The highest BCUT2D eigenvalue weighted by Crippen LogP contribution is 2.34. The molecule has 0 spiro atoms. The van der Waals surface area contributed by atoms with Crippen molar-refractivity contribution < 1.29 is 28.7 Å². The second kappa shape index (κ2) is 12.2. The average molecular weight is 494 g/mol. The summed E-state index contributed by atoms with van der Waals surface area (Å²) >= 11 is 0.930. The van der Waals surface area contributed by atoms with Gasteiger partial charge < -0.3 is 20.1 Å². The first-order valence-corrected chi connectivity index (χ1v) is 11.4. The summed E-state index contributed by atoms with van der Waals surface area (Å²) in [5, 5.41) is 5.43. The summed E-state index contributed by atoms with van der Waals surface area (Å²) in [6, 6.07) is 14.0. The van der Waals surface area contributed by atoms with E-state index in [-0.39, 0.29) is 22.0 Å². The van der Waals surface area contributed by atoms with Gasteiger partial charge in [0.1, 0.15) is 5.00 Å². The molecule has 0 aliphatic heterocycles. The number of amides is 2. The van der Waals surface area contributed by atoms with E-state index in [1.807, 2.05) is 6.07 Å². The number of pyridine rings is 1. The summed E-state index contributed by atoms with van der Waals surface area (Å²) in [4.78, 5) is 54.0. The van der Waals surface area contributed by atoms with Gasteiger partial charge in [-0.05, 0) is 49.8 Å². The van der Waals surface area contributed by atoms with Crippen LogP contribution in [0.4, 0.5) is 10.7 Å². The van der Waals surface area contributed by atoms with E-state index < -0.39 is 30.4 Å². The Morgan fingerprint density at radius 1 is 1.00 bits per heavy atom. The highest BCUT2D eigenvalue weighted by molar-refractivity contribution is 7.19. The molecule has 2 heterocycles. The molecule has 0 unspecified atom stereocenters. The molecule has 0 bridgehead atoms. The van der Waals surface area contributed by atoms with Gasteiger partial charge in [0.2, 0.25) is 0 Å². The molecule has 2 N–H and O–H groups in total. The van der Waals surface area contributed by atoms with E-state index in [0.717, 1.165) is 17.4 Å². The Hall–Kier alpha value is -4.31. The number of carbonyl (C=O) groups excluding carboxylic acids is 4. The molecule has 0 atom stereocenters. The van der Waals surface area contributed by atoms with Crippen LogP contribution in [0, 0.1) is 6.92 Å². The Kier molecular flexibility index (Phi) is 8.85. The van der Waals surface area contributed by atoms with Crippen LogP contribution in [0.3, 0.4) is 0 Å². The highest BCUT2D eigenvalue weighted by atomic mass is 32.1. The third-order valence-electron chi connectivity index (χ3n) is 4.54. The van der Waals surface area contributed by atoms with Crippen molar-refractivity contribution in [3.8, 4) is 0 Å². The van der Waals surface area contributed by atoms with Crippen LogP contribution >= 0.6 is 11.3 Å². The second-order valence-electron chi connectivity index (χ2n) is 7.04. The molecular formula is C25H23N3O6S. The molecule has 2 aromatic heterocycles. The quantitative estimate of drug-likeness (QED) is 0.340. The Labute approximate surface area is 205 Å². The van der Waals surface area contributed by atoms with Crippen LogP contribution in [-0.4, -0.2) is 42.0 Å². The fraction of sp³-hybridized carbons (Fsp3) is 0.160. The minimum Gasteiger partial charge on any atom is -0.462 e. The van der Waals surface area contributed by atoms with E-state index in [9.17, 15) is 19.2 Å². The fourth-order valence-corrected chi connectivity index (χ4v) is 4.06. The zero-order valence-corrected chi connectivity index (χ0v) is 19.9. The third kappa shape index (κ3) is 7.08.